The highest BCUT2D eigenvalue weighted by Gasteiger charge is 2.37. The normalized spacial score (nSPS) is 15.9. The van der Waals surface area contributed by atoms with E-state index < -0.39 is 5.41 Å². The minimum atomic E-state index is -0.584. The van der Waals surface area contributed by atoms with Gasteiger partial charge in [-0.1, -0.05) is 73.4 Å². The maximum Gasteiger partial charge on any atom is 0.0846 e. The van der Waals surface area contributed by atoms with E-state index in [2.05, 4.69) is 70.0 Å². The first kappa shape index (κ1) is 22.8. The van der Waals surface area contributed by atoms with Gasteiger partial charge in [0.2, 0.25) is 0 Å². The van der Waals surface area contributed by atoms with E-state index in [1.54, 1.807) is 6.07 Å². The quantitative estimate of drug-likeness (QED) is 0.451. The number of halogens is 2. The minimum absolute atomic E-state index is 0.166. The Morgan fingerprint density at radius 1 is 1.00 bits per heavy atom. The summed E-state index contributed by atoms with van der Waals surface area (Å²) in [6.45, 7) is 8.67. The fourth-order valence-electron chi connectivity index (χ4n) is 3.78. The monoisotopic (exact) mass is 416 g/mol. The van der Waals surface area contributed by atoms with Crippen molar-refractivity contribution >= 4 is 23.2 Å². The topological polar surface area (TPSA) is 27.0 Å². The second-order valence-electron chi connectivity index (χ2n) is 8.01. The fraction of sp³-hybridized carbons (Fsp3) is 0.458. The number of rotatable bonds is 8. The summed E-state index contributed by atoms with van der Waals surface area (Å²) in [5, 5.41) is 11.2. The molecule has 2 rings (SSSR count). The van der Waals surface area contributed by atoms with Crippen LogP contribution in [0.15, 0.2) is 48.5 Å². The highest BCUT2D eigenvalue weighted by atomic mass is 35.5. The predicted molar refractivity (Wildman–Crippen MR) is 120 cm³/mol. The van der Waals surface area contributed by atoms with E-state index >= 15 is 0 Å². The largest absolute Gasteiger partial charge is 0.297 e. The second-order valence-corrected chi connectivity index (χ2v) is 8.82. The van der Waals surface area contributed by atoms with Crippen LogP contribution in [0.3, 0.4) is 0 Å². The van der Waals surface area contributed by atoms with Gasteiger partial charge < -0.3 is 0 Å². The Labute approximate surface area is 180 Å². The van der Waals surface area contributed by atoms with Gasteiger partial charge >= 0.3 is 0 Å². The molecule has 0 bridgehead atoms. The molecular formula is C24H30Cl2N2. The molecule has 0 heterocycles. The maximum atomic E-state index is 10.2. The average Bonchev–Trinajstić information content (AvgIpc) is 2.70. The van der Waals surface area contributed by atoms with E-state index in [9.17, 15) is 5.26 Å². The lowest BCUT2D eigenvalue weighted by Gasteiger charge is -2.36. The van der Waals surface area contributed by atoms with Gasteiger partial charge in [0, 0.05) is 12.1 Å². The highest BCUT2D eigenvalue weighted by molar-refractivity contribution is 6.42. The molecule has 0 amide bonds. The Morgan fingerprint density at radius 2 is 1.64 bits per heavy atom. The Kier molecular flexibility index (Phi) is 7.96. The molecule has 0 spiro atoms. The summed E-state index contributed by atoms with van der Waals surface area (Å²) in [7, 11) is 2.16. The molecule has 0 N–H and O–H groups in total. The zero-order valence-corrected chi connectivity index (χ0v) is 18.9. The third kappa shape index (κ3) is 4.90. The second kappa shape index (κ2) is 9.79. The molecule has 2 aromatic rings. The number of hydrogen-bond acceptors (Lipinski definition) is 2. The molecule has 28 heavy (non-hydrogen) atoms. The van der Waals surface area contributed by atoms with E-state index in [4.69, 9.17) is 23.2 Å². The summed E-state index contributed by atoms with van der Waals surface area (Å²) >= 11 is 12.3. The Hall–Kier alpha value is -1.53. The van der Waals surface area contributed by atoms with Crippen molar-refractivity contribution in [2.24, 2.45) is 5.92 Å². The van der Waals surface area contributed by atoms with Crippen molar-refractivity contribution in [3.8, 4) is 6.07 Å². The van der Waals surface area contributed by atoms with Crippen LogP contribution in [-0.4, -0.2) is 18.0 Å². The van der Waals surface area contributed by atoms with E-state index in [0.717, 1.165) is 18.4 Å². The summed E-state index contributed by atoms with van der Waals surface area (Å²) in [5.41, 5.74) is 1.67. The highest BCUT2D eigenvalue weighted by Crippen LogP contribution is 2.40. The van der Waals surface area contributed by atoms with Gasteiger partial charge in [0.1, 0.15) is 0 Å². The first-order chi connectivity index (χ1) is 13.2. The lowest BCUT2D eigenvalue weighted by Crippen LogP contribution is -2.36. The van der Waals surface area contributed by atoms with Crippen LogP contribution < -0.4 is 0 Å². The molecule has 2 nitrogen and oxygen atoms in total. The molecule has 0 aliphatic heterocycles. The average molecular weight is 417 g/mol. The summed E-state index contributed by atoms with van der Waals surface area (Å²) < 4.78 is 0. The molecule has 3 unspecified atom stereocenters. The van der Waals surface area contributed by atoms with Crippen molar-refractivity contribution in [3.05, 3.63) is 69.7 Å². The third-order valence-corrected chi connectivity index (χ3v) is 6.90. The molecule has 0 aliphatic rings. The fourth-order valence-corrected chi connectivity index (χ4v) is 4.08. The van der Waals surface area contributed by atoms with Gasteiger partial charge in [0.05, 0.1) is 21.5 Å². The van der Waals surface area contributed by atoms with Gasteiger partial charge in [-0.15, -0.1) is 0 Å². The first-order valence-corrected chi connectivity index (χ1v) is 10.6. The van der Waals surface area contributed by atoms with Gasteiger partial charge in [-0.25, -0.2) is 0 Å². The minimum Gasteiger partial charge on any atom is -0.297 e. The van der Waals surface area contributed by atoms with Crippen LogP contribution in [0.25, 0.3) is 0 Å². The zero-order chi connectivity index (χ0) is 20.9. The van der Waals surface area contributed by atoms with Gasteiger partial charge in [-0.05, 0) is 62.9 Å². The smallest absolute Gasteiger partial charge is 0.0846 e. The number of nitriles is 1. The number of benzene rings is 2. The molecule has 4 heteroatoms. The van der Waals surface area contributed by atoms with Crippen LogP contribution in [0, 0.1) is 17.2 Å². The molecule has 0 saturated heterocycles. The van der Waals surface area contributed by atoms with Crippen LogP contribution in [-0.2, 0) is 5.41 Å². The molecule has 0 aromatic heterocycles. The molecule has 0 radical (unpaired) electrons. The van der Waals surface area contributed by atoms with Gasteiger partial charge in [0.25, 0.3) is 0 Å². The van der Waals surface area contributed by atoms with Gasteiger partial charge in [-0.3, -0.25) is 4.90 Å². The summed E-state index contributed by atoms with van der Waals surface area (Å²) in [6.07, 6.45) is 1.69. The number of hydrogen-bond donors (Lipinski definition) is 0. The van der Waals surface area contributed by atoms with Crippen molar-refractivity contribution in [2.45, 2.75) is 58.0 Å². The van der Waals surface area contributed by atoms with Crippen LogP contribution in [0.4, 0.5) is 0 Å². The summed E-state index contributed by atoms with van der Waals surface area (Å²) in [6, 6.07) is 19.4. The molecule has 0 aliphatic carbocycles. The van der Waals surface area contributed by atoms with Crippen LogP contribution in [0.5, 0.6) is 0 Å². The molecule has 150 valence electrons. The van der Waals surface area contributed by atoms with E-state index in [1.165, 1.54) is 5.56 Å². The zero-order valence-electron chi connectivity index (χ0n) is 17.4. The van der Waals surface area contributed by atoms with Gasteiger partial charge in [-0.2, -0.15) is 5.26 Å². The van der Waals surface area contributed by atoms with E-state index in [1.807, 2.05) is 18.2 Å². The van der Waals surface area contributed by atoms with Crippen molar-refractivity contribution in [3.63, 3.8) is 0 Å². The maximum absolute atomic E-state index is 10.2. The van der Waals surface area contributed by atoms with Crippen molar-refractivity contribution in [2.75, 3.05) is 7.05 Å². The summed E-state index contributed by atoms with van der Waals surface area (Å²) in [5.74, 6) is 0.166. The molecular weight excluding hydrogens is 387 g/mol. The predicted octanol–water partition coefficient (Wildman–Crippen LogP) is 7.27. The third-order valence-electron chi connectivity index (χ3n) is 6.16. The van der Waals surface area contributed by atoms with Crippen molar-refractivity contribution < 1.29 is 0 Å². The lowest BCUT2D eigenvalue weighted by molar-refractivity contribution is 0.175. The molecule has 0 saturated carbocycles. The van der Waals surface area contributed by atoms with Crippen LogP contribution >= 0.6 is 23.2 Å². The molecule has 2 aromatic carbocycles. The summed E-state index contributed by atoms with van der Waals surface area (Å²) in [4.78, 5) is 2.38. The lowest BCUT2D eigenvalue weighted by atomic mass is 9.69. The molecule has 0 fully saturated rings. The Morgan fingerprint density at radius 3 is 2.18 bits per heavy atom. The standard InChI is InChI=1S/C24H30Cl2N2/c1-17(2)24(16-27,21-11-12-22(25)23(26)15-21)14-13-18(3)28(5)19(4)20-9-7-6-8-10-20/h6-12,15,17-19H,13-14H2,1-5H3. The van der Waals surface area contributed by atoms with E-state index in [0.29, 0.717) is 22.1 Å². The Bertz CT molecular complexity index is 813. The van der Waals surface area contributed by atoms with Crippen LogP contribution in [0.2, 0.25) is 10.0 Å². The SMILES string of the molecule is CC(CCC(C#N)(c1ccc(Cl)c(Cl)c1)C(C)C)N(C)C(C)c1ccccc1. The van der Waals surface area contributed by atoms with Crippen LogP contribution in [0.1, 0.15) is 57.7 Å². The first-order valence-electron chi connectivity index (χ1n) is 9.86. The van der Waals surface area contributed by atoms with E-state index in [-0.39, 0.29) is 5.92 Å². The van der Waals surface area contributed by atoms with Crippen molar-refractivity contribution in [1.82, 2.24) is 4.90 Å². The number of nitrogens with zero attached hydrogens (tertiary/aromatic N) is 2. The Balaban J connectivity index is 2.19. The van der Waals surface area contributed by atoms with Crippen molar-refractivity contribution in [1.29, 1.82) is 5.26 Å². The van der Waals surface area contributed by atoms with Gasteiger partial charge in [0.15, 0.2) is 0 Å². The molecule has 3 atom stereocenters.